The van der Waals surface area contributed by atoms with Crippen molar-refractivity contribution in [3.63, 3.8) is 0 Å². The van der Waals surface area contributed by atoms with Crippen LogP contribution in [-0.2, 0) is 34.2 Å². The standard InChI is InChI=1S/C14H14N2O4S2/c17-14(18)12-3-10-1-2-13(5-11(10)4-12)22(19,20)16-7-9-6-15-21-8-9/h1-2,5-6,8,12,16H,3-4,7H2,(H,17,18). The van der Waals surface area contributed by atoms with Crippen LogP contribution < -0.4 is 4.72 Å². The van der Waals surface area contributed by atoms with E-state index in [0.717, 1.165) is 16.7 Å². The van der Waals surface area contributed by atoms with E-state index in [1.54, 1.807) is 23.7 Å². The van der Waals surface area contributed by atoms with Crippen molar-refractivity contribution in [1.82, 2.24) is 9.10 Å². The number of nitrogens with one attached hydrogen (secondary N) is 1. The molecule has 1 unspecified atom stereocenters. The maximum absolute atomic E-state index is 12.3. The van der Waals surface area contributed by atoms with Gasteiger partial charge in [-0.25, -0.2) is 17.5 Å². The number of rotatable bonds is 5. The van der Waals surface area contributed by atoms with Gasteiger partial charge in [0.15, 0.2) is 0 Å². The summed E-state index contributed by atoms with van der Waals surface area (Å²) in [4.78, 5) is 11.2. The summed E-state index contributed by atoms with van der Waals surface area (Å²) in [5, 5.41) is 10.8. The molecule has 116 valence electrons. The second-order valence-corrected chi connectivity index (χ2v) is 7.66. The van der Waals surface area contributed by atoms with Gasteiger partial charge in [0.05, 0.1) is 10.8 Å². The molecule has 2 N–H and O–H groups in total. The second kappa shape index (κ2) is 5.79. The van der Waals surface area contributed by atoms with E-state index in [1.165, 1.54) is 17.6 Å². The summed E-state index contributed by atoms with van der Waals surface area (Å²) in [6.45, 7) is 0.188. The van der Waals surface area contributed by atoms with Crippen LogP contribution in [0.15, 0.2) is 34.7 Å². The van der Waals surface area contributed by atoms with Gasteiger partial charge in [0.1, 0.15) is 0 Å². The highest BCUT2D eigenvalue weighted by Gasteiger charge is 2.28. The van der Waals surface area contributed by atoms with E-state index in [1.807, 2.05) is 0 Å². The minimum atomic E-state index is -3.62. The number of fused-ring (bicyclic) bond motifs is 1. The quantitative estimate of drug-likeness (QED) is 0.859. The Bertz CT molecular complexity index is 800. The van der Waals surface area contributed by atoms with Crippen LogP contribution in [0.25, 0.3) is 0 Å². The molecular formula is C14H14N2O4S2. The summed E-state index contributed by atoms with van der Waals surface area (Å²) < 4.78 is 31.0. The zero-order chi connectivity index (χ0) is 15.7. The van der Waals surface area contributed by atoms with E-state index in [0.29, 0.717) is 12.8 Å². The number of carboxylic acids is 1. The van der Waals surface area contributed by atoms with Crippen molar-refractivity contribution in [2.24, 2.45) is 5.92 Å². The normalized spacial score (nSPS) is 17.4. The van der Waals surface area contributed by atoms with Gasteiger partial charge in [-0.15, -0.1) is 0 Å². The molecule has 6 nitrogen and oxygen atoms in total. The van der Waals surface area contributed by atoms with Gasteiger partial charge >= 0.3 is 5.97 Å². The van der Waals surface area contributed by atoms with Crippen molar-refractivity contribution >= 4 is 27.5 Å². The maximum Gasteiger partial charge on any atom is 0.307 e. The fourth-order valence-electron chi connectivity index (χ4n) is 2.51. The van der Waals surface area contributed by atoms with E-state index in [9.17, 15) is 13.2 Å². The Kier molecular flexibility index (Phi) is 3.98. The monoisotopic (exact) mass is 338 g/mol. The number of sulfonamides is 1. The van der Waals surface area contributed by atoms with Crippen LogP contribution in [-0.4, -0.2) is 23.9 Å². The fourth-order valence-corrected chi connectivity index (χ4v) is 4.12. The first-order valence-corrected chi connectivity index (χ1v) is 9.00. The molecule has 22 heavy (non-hydrogen) atoms. The topological polar surface area (TPSA) is 96.4 Å². The highest BCUT2D eigenvalue weighted by atomic mass is 32.2. The zero-order valence-corrected chi connectivity index (χ0v) is 13.2. The van der Waals surface area contributed by atoms with Crippen LogP contribution in [0.4, 0.5) is 0 Å². The average molecular weight is 338 g/mol. The highest BCUT2D eigenvalue weighted by molar-refractivity contribution is 7.89. The summed E-state index contributed by atoms with van der Waals surface area (Å²) in [5.74, 6) is -1.30. The van der Waals surface area contributed by atoms with Crippen molar-refractivity contribution < 1.29 is 18.3 Å². The van der Waals surface area contributed by atoms with Gasteiger partial charge in [-0.05, 0) is 53.2 Å². The number of aromatic nitrogens is 1. The summed E-state index contributed by atoms with van der Waals surface area (Å²) in [7, 11) is -3.62. The van der Waals surface area contributed by atoms with Crippen LogP contribution in [0.2, 0.25) is 0 Å². The number of carboxylic acid groups (broad SMARTS) is 1. The first kappa shape index (κ1) is 15.1. The van der Waals surface area contributed by atoms with E-state index < -0.39 is 21.9 Å². The average Bonchev–Trinajstić information content (AvgIpc) is 3.13. The lowest BCUT2D eigenvalue weighted by Gasteiger charge is -2.07. The summed E-state index contributed by atoms with van der Waals surface area (Å²) >= 11 is 1.26. The van der Waals surface area contributed by atoms with Gasteiger partial charge in [-0.3, -0.25) is 4.79 Å². The minimum Gasteiger partial charge on any atom is -0.481 e. The number of carbonyl (C=O) groups is 1. The number of hydrogen-bond acceptors (Lipinski definition) is 5. The van der Waals surface area contributed by atoms with Gasteiger partial charge < -0.3 is 5.11 Å². The molecule has 3 rings (SSSR count). The van der Waals surface area contributed by atoms with Crippen molar-refractivity contribution in [2.45, 2.75) is 24.3 Å². The molecule has 1 aliphatic rings. The van der Waals surface area contributed by atoms with Crippen LogP contribution in [0, 0.1) is 5.92 Å². The Morgan fingerprint density at radius 2 is 2.14 bits per heavy atom. The van der Waals surface area contributed by atoms with E-state index in [4.69, 9.17) is 5.11 Å². The molecule has 1 aromatic carbocycles. The SMILES string of the molecule is O=C(O)C1Cc2ccc(S(=O)(=O)NCc3cnsc3)cc2C1. The van der Waals surface area contributed by atoms with Gasteiger partial charge in [0.2, 0.25) is 10.0 Å². The lowest BCUT2D eigenvalue weighted by atomic mass is 10.1. The third kappa shape index (κ3) is 3.03. The maximum atomic E-state index is 12.3. The van der Waals surface area contributed by atoms with E-state index in [-0.39, 0.29) is 11.4 Å². The summed E-state index contributed by atoms with van der Waals surface area (Å²) in [6, 6.07) is 4.81. The molecular weight excluding hydrogens is 324 g/mol. The van der Waals surface area contributed by atoms with Crippen LogP contribution in [0.3, 0.4) is 0 Å². The molecule has 0 saturated carbocycles. The molecule has 0 fully saturated rings. The molecule has 2 aromatic rings. The van der Waals surface area contributed by atoms with Crippen LogP contribution in [0.1, 0.15) is 16.7 Å². The molecule has 0 saturated heterocycles. The van der Waals surface area contributed by atoms with Crippen molar-refractivity contribution in [2.75, 3.05) is 0 Å². The smallest absolute Gasteiger partial charge is 0.307 e. The molecule has 1 atom stereocenters. The highest BCUT2D eigenvalue weighted by Crippen LogP contribution is 2.29. The number of hydrogen-bond donors (Lipinski definition) is 2. The molecule has 0 amide bonds. The largest absolute Gasteiger partial charge is 0.481 e. The van der Waals surface area contributed by atoms with E-state index in [2.05, 4.69) is 9.10 Å². The Morgan fingerprint density at radius 1 is 1.36 bits per heavy atom. The second-order valence-electron chi connectivity index (χ2n) is 5.23. The minimum absolute atomic E-state index is 0.167. The van der Waals surface area contributed by atoms with Crippen molar-refractivity contribution in [3.8, 4) is 0 Å². The van der Waals surface area contributed by atoms with Crippen molar-refractivity contribution in [3.05, 3.63) is 46.5 Å². The first-order valence-electron chi connectivity index (χ1n) is 6.68. The molecule has 0 bridgehead atoms. The fraction of sp³-hybridized carbons (Fsp3) is 0.286. The number of benzene rings is 1. The molecule has 0 spiro atoms. The number of nitrogens with zero attached hydrogens (tertiary/aromatic N) is 1. The summed E-state index contributed by atoms with van der Waals surface area (Å²) in [6.07, 6.45) is 2.45. The van der Waals surface area contributed by atoms with Crippen LogP contribution in [0.5, 0.6) is 0 Å². The molecule has 1 aromatic heterocycles. The first-order chi connectivity index (χ1) is 10.5. The lowest BCUT2D eigenvalue weighted by molar-refractivity contribution is -0.141. The molecule has 0 aliphatic heterocycles. The predicted octanol–water partition coefficient (Wildman–Crippen LogP) is 1.42. The third-order valence-electron chi connectivity index (χ3n) is 3.72. The Morgan fingerprint density at radius 3 is 2.82 bits per heavy atom. The lowest BCUT2D eigenvalue weighted by Crippen LogP contribution is -2.23. The summed E-state index contributed by atoms with van der Waals surface area (Å²) in [5.41, 5.74) is 2.52. The van der Waals surface area contributed by atoms with Gasteiger partial charge in [-0.2, -0.15) is 0 Å². The molecule has 1 aliphatic carbocycles. The van der Waals surface area contributed by atoms with Crippen molar-refractivity contribution in [1.29, 1.82) is 0 Å². The molecule has 8 heteroatoms. The Hall–Kier alpha value is -1.77. The zero-order valence-electron chi connectivity index (χ0n) is 11.5. The van der Waals surface area contributed by atoms with Gasteiger partial charge in [0, 0.05) is 18.1 Å². The van der Waals surface area contributed by atoms with Crippen LogP contribution >= 0.6 is 11.5 Å². The number of aliphatic carboxylic acids is 1. The molecule has 1 heterocycles. The van der Waals surface area contributed by atoms with Gasteiger partial charge in [0.25, 0.3) is 0 Å². The van der Waals surface area contributed by atoms with Gasteiger partial charge in [-0.1, -0.05) is 6.07 Å². The molecule has 0 radical (unpaired) electrons. The third-order valence-corrected chi connectivity index (χ3v) is 5.75. The van der Waals surface area contributed by atoms with E-state index >= 15 is 0 Å². The Balaban J connectivity index is 1.78. The predicted molar refractivity (Wildman–Crippen MR) is 81.1 cm³/mol. The Labute approximate surface area is 132 Å².